The first-order valence-corrected chi connectivity index (χ1v) is 9.02. The highest BCUT2D eigenvalue weighted by molar-refractivity contribution is 6.01. The van der Waals surface area contributed by atoms with Crippen molar-refractivity contribution in [3.63, 3.8) is 0 Å². The van der Waals surface area contributed by atoms with Crippen LogP contribution in [-0.4, -0.2) is 57.5 Å². The molecule has 2 aromatic rings. The monoisotopic (exact) mass is 326 g/mol. The van der Waals surface area contributed by atoms with Gasteiger partial charge in [-0.05, 0) is 32.0 Å². The van der Waals surface area contributed by atoms with Crippen LogP contribution in [0.3, 0.4) is 0 Å². The molecule has 2 fully saturated rings. The normalized spacial score (nSPS) is 19.5. The predicted molar refractivity (Wildman–Crippen MR) is 99.2 cm³/mol. The topological polar surface area (TPSA) is 40.6 Å². The Morgan fingerprint density at radius 2 is 1.88 bits per heavy atom. The maximum Gasteiger partial charge on any atom is 0.136 e. The van der Waals surface area contributed by atoms with Crippen molar-refractivity contribution >= 4 is 22.3 Å². The highest BCUT2D eigenvalue weighted by atomic mass is 16.5. The van der Waals surface area contributed by atoms with Crippen molar-refractivity contribution in [2.75, 3.05) is 62.3 Å². The number of aryl methyl sites for hydroxylation is 1. The van der Waals surface area contributed by atoms with Crippen molar-refractivity contribution in [3.05, 3.63) is 30.0 Å². The van der Waals surface area contributed by atoms with Crippen molar-refractivity contribution in [3.8, 4) is 0 Å². The molecule has 2 aliphatic heterocycles. The minimum absolute atomic E-state index is 0.786. The van der Waals surface area contributed by atoms with Crippen LogP contribution in [0, 0.1) is 6.92 Å². The third-order valence-electron chi connectivity index (χ3n) is 4.95. The molecule has 0 atom stereocenters. The van der Waals surface area contributed by atoms with Gasteiger partial charge < -0.3 is 19.9 Å². The minimum Gasteiger partial charge on any atom is -0.378 e. The Hall–Kier alpha value is -1.85. The number of rotatable bonds is 2. The van der Waals surface area contributed by atoms with Gasteiger partial charge in [0.05, 0.1) is 13.2 Å². The fraction of sp³-hybridized carbons (Fsp3) is 0.526. The molecule has 0 radical (unpaired) electrons. The fourth-order valence-electron chi connectivity index (χ4n) is 3.75. The predicted octanol–water partition coefficient (Wildman–Crippen LogP) is 2.18. The molecule has 0 amide bonds. The van der Waals surface area contributed by atoms with Crippen LogP contribution in [-0.2, 0) is 4.74 Å². The van der Waals surface area contributed by atoms with Crippen LogP contribution in [0.25, 0.3) is 10.8 Å². The van der Waals surface area contributed by atoms with Crippen molar-refractivity contribution in [2.45, 2.75) is 13.3 Å². The van der Waals surface area contributed by atoms with Crippen LogP contribution in [0.1, 0.15) is 12.1 Å². The summed E-state index contributed by atoms with van der Waals surface area (Å²) >= 11 is 0. The molecule has 5 heteroatoms. The van der Waals surface area contributed by atoms with Crippen LogP contribution in [0.15, 0.2) is 24.3 Å². The lowest BCUT2D eigenvalue weighted by molar-refractivity contribution is 0.122. The van der Waals surface area contributed by atoms with Gasteiger partial charge in [-0.25, -0.2) is 4.98 Å². The first kappa shape index (κ1) is 15.7. The number of ether oxygens (including phenoxy) is 1. The minimum atomic E-state index is 0.786. The summed E-state index contributed by atoms with van der Waals surface area (Å²) in [6.07, 6.45) is 1.19. The number of hydrogen-bond donors (Lipinski definition) is 1. The summed E-state index contributed by atoms with van der Waals surface area (Å²) in [4.78, 5) is 9.76. The molecule has 1 N–H and O–H groups in total. The molecule has 1 aromatic carbocycles. The number of aromatic nitrogens is 1. The van der Waals surface area contributed by atoms with E-state index in [1.165, 1.54) is 22.9 Å². The van der Waals surface area contributed by atoms with Gasteiger partial charge in [-0.3, -0.25) is 0 Å². The van der Waals surface area contributed by atoms with Gasteiger partial charge in [-0.1, -0.05) is 12.1 Å². The highest BCUT2D eigenvalue weighted by Crippen LogP contribution is 2.33. The second-order valence-electron chi connectivity index (χ2n) is 6.65. The van der Waals surface area contributed by atoms with E-state index in [9.17, 15) is 0 Å². The molecule has 2 saturated heterocycles. The first-order chi connectivity index (χ1) is 11.8. The van der Waals surface area contributed by atoms with Crippen LogP contribution >= 0.6 is 0 Å². The second kappa shape index (κ2) is 6.95. The van der Waals surface area contributed by atoms with Crippen molar-refractivity contribution in [1.82, 2.24) is 10.3 Å². The zero-order valence-corrected chi connectivity index (χ0v) is 14.4. The number of anilines is 2. The Morgan fingerprint density at radius 3 is 2.75 bits per heavy atom. The van der Waals surface area contributed by atoms with Crippen molar-refractivity contribution < 1.29 is 4.74 Å². The molecule has 2 aliphatic rings. The number of benzene rings is 1. The summed E-state index contributed by atoms with van der Waals surface area (Å²) in [6, 6.07) is 8.90. The van der Waals surface area contributed by atoms with Crippen LogP contribution in [0.2, 0.25) is 0 Å². The molecule has 3 heterocycles. The molecule has 0 unspecified atom stereocenters. The van der Waals surface area contributed by atoms with E-state index < -0.39 is 0 Å². The molecule has 24 heavy (non-hydrogen) atoms. The fourth-order valence-corrected chi connectivity index (χ4v) is 3.75. The van der Waals surface area contributed by atoms with Crippen LogP contribution < -0.4 is 15.1 Å². The lowest BCUT2D eigenvalue weighted by Crippen LogP contribution is -2.37. The number of morpholine rings is 1. The third kappa shape index (κ3) is 3.06. The zero-order valence-electron chi connectivity index (χ0n) is 14.4. The van der Waals surface area contributed by atoms with Gasteiger partial charge in [0.1, 0.15) is 5.82 Å². The van der Waals surface area contributed by atoms with Crippen LogP contribution in [0.4, 0.5) is 11.5 Å². The summed E-state index contributed by atoms with van der Waals surface area (Å²) in [5.74, 6) is 1.11. The molecule has 5 nitrogen and oxygen atoms in total. The summed E-state index contributed by atoms with van der Waals surface area (Å²) in [7, 11) is 0. The average molecular weight is 326 g/mol. The van der Waals surface area contributed by atoms with Gasteiger partial charge in [-0.2, -0.15) is 0 Å². The van der Waals surface area contributed by atoms with Gasteiger partial charge in [0, 0.05) is 54.9 Å². The summed E-state index contributed by atoms with van der Waals surface area (Å²) in [6.45, 7) is 9.85. The Morgan fingerprint density at radius 1 is 1.00 bits per heavy atom. The molecule has 128 valence electrons. The lowest BCUT2D eigenvalue weighted by atomic mass is 10.1. The molecular weight excluding hydrogens is 300 g/mol. The Kier molecular flexibility index (Phi) is 4.54. The number of nitrogens with zero attached hydrogens (tertiary/aromatic N) is 3. The summed E-state index contributed by atoms with van der Waals surface area (Å²) in [5.41, 5.74) is 2.43. The first-order valence-electron chi connectivity index (χ1n) is 9.02. The maximum absolute atomic E-state index is 5.51. The van der Waals surface area contributed by atoms with Crippen molar-refractivity contribution in [1.29, 1.82) is 0 Å². The molecular formula is C19H26N4O. The number of fused-ring (bicyclic) bond motifs is 1. The van der Waals surface area contributed by atoms with Gasteiger partial charge in [0.2, 0.25) is 0 Å². The molecule has 1 aromatic heterocycles. The summed E-state index contributed by atoms with van der Waals surface area (Å²) < 4.78 is 5.51. The smallest absolute Gasteiger partial charge is 0.136 e. The Bertz CT molecular complexity index is 704. The highest BCUT2D eigenvalue weighted by Gasteiger charge is 2.19. The van der Waals surface area contributed by atoms with E-state index in [1.807, 2.05) is 0 Å². The van der Waals surface area contributed by atoms with Crippen LogP contribution in [0.5, 0.6) is 0 Å². The lowest BCUT2D eigenvalue weighted by Gasteiger charge is -2.30. The van der Waals surface area contributed by atoms with E-state index in [1.54, 1.807) is 0 Å². The molecule has 0 aliphatic carbocycles. The molecule has 4 rings (SSSR count). The van der Waals surface area contributed by atoms with Gasteiger partial charge in [0.25, 0.3) is 0 Å². The molecule has 0 bridgehead atoms. The zero-order chi connectivity index (χ0) is 16.4. The van der Waals surface area contributed by atoms with E-state index in [4.69, 9.17) is 9.72 Å². The van der Waals surface area contributed by atoms with E-state index in [-0.39, 0.29) is 0 Å². The van der Waals surface area contributed by atoms with E-state index in [0.29, 0.717) is 0 Å². The van der Waals surface area contributed by atoms with Gasteiger partial charge in [-0.15, -0.1) is 0 Å². The SMILES string of the molecule is Cc1cc2c(N3CCCNCC3)cccc2c(N2CCOCC2)n1. The number of pyridine rings is 1. The maximum atomic E-state index is 5.51. The quantitative estimate of drug-likeness (QED) is 0.916. The van der Waals surface area contributed by atoms with E-state index in [2.05, 4.69) is 46.3 Å². The van der Waals surface area contributed by atoms with Gasteiger partial charge in [0.15, 0.2) is 0 Å². The molecule has 0 spiro atoms. The average Bonchev–Trinajstić information content (AvgIpc) is 2.90. The largest absolute Gasteiger partial charge is 0.378 e. The Labute approximate surface area is 143 Å². The van der Waals surface area contributed by atoms with E-state index in [0.717, 1.165) is 64.0 Å². The number of hydrogen-bond acceptors (Lipinski definition) is 5. The van der Waals surface area contributed by atoms with Gasteiger partial charge >= 0.3 is 0 Å². The molecule has 0 saturated carbocycles. The van der Waals surface area contributed by atoms with Crippen molar-refractivity contribution in [2.24, 2.45) is 0 Å². The standard InChI is InChI=1S/C19H26N4O/c1-15-14-17-16(19(21-15)23-10-12-24-13-11-23)4-2-5-18(17)22-8-3-6-20-7-9-22/h2,4-5,14,20H,3,6-13H2,1H3. The summed E-state index contributed by atoms with van der Waals surface area (Å²) in [5, 5.41) is 6.08. The van der Waals surface area contributed by atoms with E-state index >= 15 is 0 Å². The number of nitrogens with one attached hydrogen (secondary N) is 1. The third-order valence-corrected chi connectivity index (χ3v) is 4.95. The second-order valence-corrected chi connectivity index (χ2v) is 6.65. The Balaban J connectivity index is 1.79.